The first-order valence-electron chi connectivity index (χ1n) is 6.41. The average molecular weight is 271 g/mol. The SMILES string of the molecule is Cc1cccc(-c2ncn(/C=C/C(=O)OC(C)C)n2)c1. The van der Waals surface area contributed by atoms with Gasteiger partial charge >= 0.3 is 5.97 Å². The van der Waals surface area contributed by atoms with Crippen LogP contribution in [0, 0.1) is 6.92 Å². The average Bonchev–Trinajstić information content (AvgIpc) is 2.84. The van der Waals surface area contributed by atoms with Crippen molar-refractivity contribution in [3.63, 3.8) is 0 Å². The van der Waals surface area contributed by atoms with E-state index < -0.39 is 5.97 Å². The Kier molecular flexibility index (Phi) is 4.30. The molecule has 0 aliphatic heterocycles. The van der Waals surface area contributed by atoms with E-state index in [0.29, 0.717) is 5.82 Å². The minimum atomic E-state index is -0.396. The summed E-state index contributed by atoms with van der Waals surface area (Å²) in [7, 11) is 0. The predicted octanol–water partition coefficient (Wildman–Crippen LogP) is 2.68. The lowest BCUT2D eigenvalue weighted by molar-refractivity contribution is -0.141. The molecule has 5 nitrogen and oxygen atoms in total. The van der Waals surface area contributed by atoms with Crippen LogP contribution in [0.5, 0.6) is 0 Å². The fourth-order valence-electron chi connectivity index (χ4n) is 1.67. The maximum Gasteiger partial charge on any atom is 0.332 e. The molecule has 0 aliphatic carbocycles. The molecule has 2 rings (SSSR count). The number of nitrogens with zero attached hydrogens (tertiary/aromatic N) is 3. The van der Waals surface area contributed by atoms with E-state index in [2.05, 4.69) is 10.1 Å². The fraction of sp³-hybridized carbons (Fsp3) is 0.267. The molecule has 5 heteroatoms. The molecule has 0 unspecified atom stereocenters. The van der Waals surface area contributed by atoms with Crippen molar-refractivity contribution in [1.29, 1.82) is 0 Å². The molecular weight excluding hydrogens is 254 g/mol. The minimum Gasteiger partial charge on any atom is -0.460 e. The van der Waals surface area contributed by atoms with Gasteiger partial charge in [-0.15, -0.1) is 5.10 Å². The number of aromatic nitrogens is 3. The number of carbonyl (C=O) groups excluding carboxylic acids is 1. The molecule has 20 heavy (non-hydrogen) atoms. The van der Waals surface area contributed by atoms with Crippen LogP contribution in [0.15, 0.2) is 36.7 Å². The Morgan fingerprint density at radius 3 is 2.90 bits per heavy atom. The first-order valence-corrected chi connectivity index (χ1v) is 6.41. The van der Waals surface area contributed by atoms with Crippen molar-refractivity contribution in [3.8, 4) is 11.4 Å². The normalized spacial score (nSPS) is 11.2. The summed E-state index contributed by atoms with van der Waals surface area (Å²) in [5.74, 6) is 0.225. The lowest BCUT2D eigenvalue weighted by Crippen LogP contribution is -2.08. The highest BCUT2D eigenvalue weighted by Crippen LogP contribution is 2.15. The largest absolute Gasteiger partial charge is 0.460 e. The highest BCUT2D eigenvalue weighted by Gasteiger charge is 2.04. The highest BCUT2D eigenvalue weighted by molar-refractivity contribution is 5.85. The van der Waals surface area contributed by atoms with Crippen LogP contribution in [0.3, 0.4) is 0 Å². The van der Waals surface area contributed by atoms with Crippen molar-refractivity contribution in [3.05, 3.63) is 42.2 Å². The number of hydrogen-bond donors (Lipinski definition) is 0. The third-order valence-corrected chi connectivity index (χ3v) is 2.50. The van der Waals surface area contributed by atoms with Gasteiger partial charge in [0.2, 0.25) is 0 Å². The highest BCUT2D eigenvalue weighted by atomic mass is 16.5. The van der Waals surface area contributed by atoms with Gasteiger partial charge < -0.3 is 4.74 Å². The third-order valence-electron chi connectivity index (χ3n) is 2.50. The van der Waals surface area contributed by atoms with Gasteiger partial charge in [-0.05, 0) is 26.8 Å². The molecular formula is C15H17N3O2. The second-order valence-corrected chi connectivity index (χ2v) is 4.72. The van der Waals surface area contributed by atoms with E-state index in [1.807, 2.05) is 31.2 Å². The molecule has 1 aromatic carbocycles. The molecule has 0 saturated heterocycles. The van der Waals surface area contributed by atoms with Crippen LogP contribution in [0.25, 0.3) is 17.6 Å². The van der Waals surface area contributed by atoms with Gasteiger partial charge in [-0.3, -0.25) is 0 Å². The fourth-order valence-corrected chi connectivity index (χ4v) is 1.67. The molecule has 0 aliphatic rings. The number of hydrogen-bond acceptors (Lipinski definition) is 4. The predicted molar refractivity (Wildman–Crippen MR) is 76.8 cm³/mol. The minimum absolute atomic E-state index is 0.134. The molecule has 0 amide bonds. The first kappa shape index (κ1) is 14.0. The second kappa shape index (κ2) is 6.14. The Balaban J connectivity index is 2.10. The van der Waals surface area contributed by atoms with Crippen LogP contribution < -0.4 is 0 Å². The van der Waals surface area contributed by atoms with Gasteiger partial charge in [0.15, 0.2) is 5.82 Å². The Morgan fingerprint density at radius 1 is 1.40 bits per heavy atom. The summed E-state index contributed by atoms with van der Waals surface area (Å²) in [6.07, 6.45) is 4.27. The summed E-state index contributed by atoms with van der Waals surface area (Å²) < 4.78 is 6.48. The Morgan fingerprint density at radius 2 is 2.20 bits per heavy atom. The van der Waals surface area contributed by atoms with Crippen LogP contribution in [0.1, 0.15) is 19.4 Å². The van der Waals surface area contributed by atoms with E-state index in [4.69, 9.17) is 4.74 Å². The van der Waals surface area contributed by atoms with Gasteiger partial charge in [0.25, 0.3) is 0 Å². The maximum atomic E-state index is 11.4. The molecule has 0 atom stereocenters. The zero-order valence-corrected chi connectivity index (χ0v) is 11.8. The summed E-state index contributed by atoms with van der Waals surface area (Å²) in [6.45, 7) is 5.62. The van der Waals surface area contributed by atoms with Crippen LogP contribution in [-0.2, 0) is 9.53 Å². The van der Waals surface area contributed by atoms with Crippen LogP contribution >= 0.6 is 0 Å². The van der Waals surface area contributed by atoms with Crippen molar-refractivity contribution in [2.24, 2.45) is 0 Å². The van der Waals surface area contributed by atoms with Gasteiger partial charge in [0.05, 0.1) is 6.10 Å². The number of rotatable bonds is 4. The third kappa shape index (κ3) is 3.78. The topological polar surface area (TPSA) is 57.0 Å². The molecule has 0 saturated carbocycles. The Labute approximate surface area is 117 Å². The van der Waals surface area contributed by atoms with Gasteiger partial charge in [-0.1, -0.05) is 23.8 Å². The Hall–Kier alpha value is -2.43. The summed E-state index contributed by atoms with van der Waals surface area (Å²) in [4.78, 5) is 15.6. The number of esters is 1. The monoisotopic (exact) mass is 271 g/mol. The summed E-state index contributed by atoms with van der Waals surface area (Å²) in [5.41, 5.74) is 2.09. The van der Waals surface area contributed by atoms with Crippen molar-refractivity contribution in [1.82, 2.24) is 14.8 Å². The number of ether oxygens (including phenoxy) is 1. The van der Waals surface area contributed by atoms with Gasteiger partial charge in [0, 0.05) is 17.8 Å². The summed E-state index contributed by atoms with van der Waals surface area (Å²) in [6, 6.07) is 7.93. The lowest BCUT2D eigenvalue weighted by Gasteiger charge is -2.03. The van der Waals surface area contributed by atoms with Crippen molar-refractivity contribution in [2.75, 3.05) is 0 Å². The van der Waals surface area contributed by atoms with E-state index in [9.17, 15) is 4.79 Å². The van der Waals surface area contributed by atoms with E-state index in [-0.39, 0.29) is 6.10 Å². The van der Waals surface area contributed by atoms with Crippen molar-refractivity contribution < 1.29 is 9.53 Å². The first-order chi connectivity index (χ1) is 9.54. The smallest absolute Gasteiger partial charge is 0.332 e. The zero-order chi connectivity index (χ0) is 14.5. The van der Waals surface area contributed by atoms with Crippen LogP contribution in [0.4, 0.5) is 0 Å². The maximum absolute atomic E-state index is 11.4. The Bertz CT molecular complexity index is 630. The standard InChI is InChI=1S/C15H17N3O2/c1-11(2)20-14(19)7-8-18-10-16-15(17-18)13-6-4-5-12(3)9-13/h4-11H,1-3H3/b8-7+. The second-order valence-electron chi connectivity index (χ2n) is 4.72. The van der Waals surface area contributed by atoms with E-state index >= 15 is 0 Å². The molecule has 1 aromatic heterocycles. The molecule has 0 N–H and O–H groups in total. The summed E-state index contributed by atoms with van der Waals surface area (Å²) in [5, 5.41) is 4.28. The molecule has 0 spiro atoms. The number of aryl methyl sites for hydroxylation is 1. The van der Waals surface area contributed by atoms with Crippen LogP contribution in [0.2, 0.25) is 0 Å². The van der Waals surface area contributed by atoms with Gasteiger partial charge in [-0.2, -0.15) is 0 Å². The van der Waals surface area contributed by atoms with E-state index in [1.165, 1.54) is 17.0 Å². The van der Waals surface area contributed by atoms with Crippen molar-refractivity contribution >= 4 is 12.2 Å². The quantitative estimate of drug-likeness (QED) is 0.633. The van der Waals surface area contributed by atoms with Crippen molar-refractivity contribution in [2.45, 2.75) is 26.9 Å². The van der Waals surface area contributed by atoms with E-state index in [1.54, 1.807) is 20.2 Å². The summed E-state index contributed by atoms with van der Waals surface area (Å²) >= 11 is 0. The molecule has 0 fully saturated rings. The number of carbonyl (C=O) groups is 1. The van der Waals surface area contributed by atoms with Gasteiger partial charge in [0.1, 0.15) is 6.33 Å². The van der Waals surface area contributed by atoms with Crippen LogP contribution in [-0.4, -0.2) is 26.8 Å². The van der Waals surface area contributed by atoms with E-state index in [0.717, 1.165) is 11.1 Å². The molecule has 1 heterocycles. The molecule has 104 valence electrons. The molecule has 2 aromatic rings. The lowest BCUT2D eigenvalue weighted by atomic mass is 10.1. The number of benzene rings is 1. The molecule has 0 radical (unpaired) electrons. The van der Waals surface area contributed by atoms with Gasteiger partial charge in [-0.25, -0.2) is 14.5 Å². The molecule has 0 bridgehead atoms. The zero-order valence-electron chi connectivity index (χ0n) is 11.8.